The van der Waals surface area contributed by atoms with Gasteiger partial charge in [0.25, 0.3) is 5.56 Å². The van der Waals surface area contributed by atoms with Crippen LogP contribution >= 0.6 is 14.5 Å². The molecule has 10 atom stereocenters. The summed E-state index contributed by atoms with van der Waals surface area (Å²) in [5.41, 5.74) is 14.9. The summed E-state index contributed by atoms with van der Waals surface area (Å²) in [5, 5.41) is 1.22. The van der Waals surface area contributed by atoms with E-state index >= 15 is 8.78 Å². The average Bonchev–Trinajstić information content (AvgIpc) is 3.72. The Labute approximate surface area is 253 Å². The SMILES string of the molecule is Nc1nc2c(ncn2[C@@H]2O[C@@H]3COP(=O)(O)O[C@H]4[C@H](F)[C@H](N5[NH2+]Nc6c(N)ncnc65)O[C@@H]4COP(O)(=S)O[C@@H]2[C@@H]3F)c(=O)[nH]1. The van der Waals surface area contributed by atoms with E-state index < -0.39 is 82.5 Å². The van der Waals surface area contributed by atoms with Crippen LogP contribution in [-0.2, 0) is 43.9 Å². The van der Waals surface area contributed by atoms with Crippen LogP contribution in [0.5, 0.6) is 0 Å². The van der Waals surface area contributed by atoms with Crippen molar-refractivity contribution >= 4 is 60.8 Å². The van der Waals surface area contributed by atoms with Crippen LogP contribution < -0.4 is 33.0 Å². The Morgan fingerprint density at radius 3 is 2.60 bits per heavy atom. The molecular formula is C19H24F2N11O10P2S+. The highest BCUT2D eigenvalue weighted by Gasteiger charge is 2.56. The van der Waals surface area contributed by atoms with Crippen molar-refractivity contribution < 1.29 is 56.2 Å². The summed E-state index contributed by atoms with van der Waals surface area (Å²) in [6, 6.07) is 0. The molecule has 0 amide bonds. The lowest BCUT2D eigenvalue weighted by Crippen LogP contribution is -2.97. The standard InChI is InChI=1S/C19H23F2N11O10P2S/c20-7-5-1-37-43(34,35)41-11-6(40-17(8(11)21)32-14-9(29-30-32)13(22)24-3-25-14)2-38-44(36,45)42-12(7)18(39-5)31-4-26-10-15(31)27-19(23)28-16(10)33/h3-8,11-12,17-18,29-30H,1-2H2,(H,34,35)(H,36,45)(H2,22,24,25)(H3,23,27,28,33)/p+1/t5-,6-,7-,8+,11-,12-,17-,18-,44?/m1/s1. The third-order valence-electron chi connectivity index (χ3n) is 7.29. The first-order valence-corrected chi connectivity index (χ1v) is 17.0. The minimum absolute atomic E-state index is 0.0664. The smallest absolute Gasteiger partial charge is 0.382 e. The number of quaternary nitrogens is 1. The number of phosphoric acid groups is 1. The zero-order chi connectivity index (χ0) is 31.8. The van der Waals surface area contributed by atoms with Crippen molar-refractivity contribution in [1.29, 1.82) is 0 Å². The summed E-state index contributed by atoms with van der Waals surface area (Å²) >= 11 is 5.13. The first kappa shape index (κ1) is 30.7. The Balaban J connectivity index is 1.19. The van der Waals surface area contributed by atoms with E-state index in [1.54, 1.807) is 0 Å². The third-order valence-corrected chi connectivity index (χ3v) is 9.84. The van der Waals surface area contributed by atoms with Gasteiger partial charge in [-0.05, 0) is 11.8 Å². The van der Waals surface area contributed by atoms with E-state index in [0.717, 1.165) is 17.2 Å². The molecule has 3 aromatic heterocycles. The van der Waals surface area contributed by atoms with Crippen molar-refractivity contribution in [2.75, 3.05) is 35.1 Å². The fraction of sp³-hybridized carbons (Fsp3) is 0.526. The number of nitrogen functional groups attached to an aromatic ring is 3. The highest BCUT2D eigenvalue weighted by molar-refractivity contribution is 8.07. The van der Waals surface area contributed by atoms with E-state index in [2.05, 4.69) is 30.3 Å². The number of anilines is 4. The molecule has 3 aromatic rings. The number of fused-ring (bicyclic) bond motifs is 5. The molecule has 0 radical (unpaired) electrons. The maximum atomic E-state index is 15.9. The number of ether oxygens (including phenoxy) is 2. The van der Waals surface area contributed by atoms with Crippen LogP contribution in [0.25, 0.3) is 11.2 Å². The summed E-state index contributed by atoms with van der Waals surface area (Å²) in [6.45, 7) is -6.04. The van der Waals surface area contributed by atoms with Gasteiger partial charge in [-0.15, -0.1) is 5.53 Å². The fourth-order valence-corrected chi connectivity index (χ4v) is 7.65. The summed E-state index contributed by atoms with van der Waals surface area (Å²) in [5.74, 6) is -0.0746. The minimum Gasteiger partial charge on any atom is -0.382 e. The quantitative estimate of drug-likeness (QED) is 0.111. The van der Waals surface area contributed by atoms with E-state index in [1.165, 1.54) is 10.5 Å². The van der Waals surface area contributed by atoms with Crippen molar-refractivity contribution in [1.82, 2.24) is 29.5 Å². The second-order valence-corrected chi connectivity index (χ2v) is 14.3. The zero-order valence-electron chi connectivity index (χ0n) is 22.3. The van der Waals surface area contributed by atoms with Gasteiger partial charge in [-0.25, -0.2) is 33.7 Å². The van der Waals surface area contributed by atoms with E-state index in [9.17, 15) is 19.1 Å². The number of hydrogen-bond acceptors (Lipinski definition) is 17. The monoisotopic (exact) mass is 698 g/mol. The number of phosphoric ester groups is 1. The molecule has 7 rings (SSSR count). The van der Waals surface area contributed by atoms with Gasteiger partial charge in [0.15, 0.2) is 41.2 Å². The number of imidazole rings is 1. The summed E-state index contributed by atoms with van der Waals surface area (Å²) < 4.78 is 78.5. The summed E-state index contributed by atoms with van der Waals surface area (Å²) in [6.07, 6.45) is -11.8. The maximum Gasteiger partial charge on any atom is 0.472 e. The number of halogens is 2. The van der Waals surface area contributed by atoms with Crippen molar-refractivity contribution in [3.63, 3.8) is 0 Å². The topological polar surface area (TPSA) is 286 Å². The van der Waals surface area contributed by atoms with Crippen LogP contribution in [0, 0.1) is 0 Å². The van der Waals surface area contributed by atoms with Crippen molar-refractivity contribution in [3.05, 3.63) is 23.0 Å². The molecule has 45 heavy (non-hydrogen) atoms. The molecule has 2 unspecified atom stereocenters. The van der Waals surface area contributed by atoms with E-state index in [4.69, 9.17) is 50.8 Å². The van der Waals surface area contributed by atoms with Gasteiger partial charge in [-0.3, -0.25) is 27.9 Å². The number of aromatic nitrogens is 6. The predicted octanol–water partition coefficient (Wildman–Crippen LogP) is -2.17. The van der Waals surface area contributed by atoms with Gasteiger partial charge in [-0.1, -0.05) is 0 Å². The molecule has 3 fully saturated rings. The van der Waals surface area contributed by atoms with Crippen molar-refractivity contribution in [2.24, 2.45) is 0 Å². The molecule has 244 valence electrons. The number of nitrogens with two attached hydrogens (primary N) is 3. The molecule has 3 saturated heterocycles. The van der Waals surface area contributed by atoms with Crippen molar-refractivity contribution in [3.8, 4) is 0 Å². The van der Waals surface area contributed by atoms with Crippen molar-refractivity contribution in [2.45, 2.75) is 49.2 Å². The van der Waals surface area contributed by atoms with Gasteiger partial charge in [0, 0.05) is 0 Å². The number of alkyl halides is 2. The first-order chi connectivity index (χ1) is 21.3. The number of nitrogens with zero attached hydrogens (tertiary/aromatic N) is 6. The highest BCUT2D eigenvalue weighted by Crippen LogP contribution is 2.54. The van der Waals surface area contributed by atoms with Gasteiger partial charge < -0.3 is 35.3 Å². The molecule has 10 N–H and O–H groups in total. The normalized spacial score (nSPS) is 38.6. The van der Waals surface area contributed by atoms with Gasteiger partial charge in [-0.2, -0.15) is 9.99 Å². The van der Waals surface area contributed by atoms with Gasteiger partial charge in [0.2, 0.25) is 18.0 Å². The molecule has 21 nitrogen and oxygen atoms in total. The Morgan fingerprint density at radius 2 is 1.80 bits per heavy atom. The molecule has 4 aliphatic rings. The van der Waals surface area contributed by atoms with Crippen LogP contribution in [0.2, 0.25) is 0 Å². The number of rotatable bonds is 2. The predicted molar refractivity (Wildman–Crippen MR) is 147 cm³/mol. The molecule has 0 saturated carbocycles. The second kappa shape index (κ2) is 11.1. The number of hydrogen-bond donors (Lipinski definition) is 7. The lowest BCUT2D eigenvalue weighted by Gasteiger charge is -2.27. The van der Waals surface area contributed by atoms with E-state index in [-0.39, 0.29) is 34.4 Å². The number of H-pyrrole nitrogens is 1. The molecule has 26 heteroatoms. The molecule has 4 aliphatic heterocycles. The molecule has 0 aliphatic carbocycles. The Bertz CT molecular complexity index is 1810. The third kappa shape index (κ3) is 5.45. The molecule has 2 bridgehead atoms. The van der Waals surface area contributed by atoms with Crippen LogP contribution in [0.3, 0.4) is 0 Å². The summed E-state index contributed by atoms with van der Waals surface area (Å²) in [4.78, 5) is 51.9. The van der Waals surface area contributed by atoms with E-state index in [0.29, 0.717) is 0 Å². The second-order valence-electron chi connectivity index (χ2n) is 10.1. The van der Waals surface area contributed by atoms with Crippen LogP contribution in [0.4, 0.5) is 32.1 Å². The average molecular weight is 698 g/mol. The first-order valence-electron chi connectivity index (χ1n) is 12.9. The summed E-state index contributed by atoms with van der Waals surface area (Å²) in [7, 11) is -5.14. The number of aromatic amines is 1. The van der Waals surface area contributed by atoms with Gasteiger partial charge in [0.1, 0.15) is 30.7 Å². The van der Waals surface area contributed by atoms with Crippen LogP contribution in [0.1, 0.15) is 6.23 Å². The van der Waals surface area contributed by atoms with Gasteiger partial charge >= 0.3 is 14.5 Å². The van der Waals surface area contributed by atoms with Crippen LogP contribution in [0.15, 0.2) is 17.4 Å². The lowest BCUT2D eigenvalue weighted by molar-refractivity contribution is -0.642. The molecule has 0 aromatic carbocycles. The molecular weight excluding hydrogens is 674 g/mol. The van der Waals surface area contributed by atoms with Crippen LogP contribution in [-0.4, -0.2) is 95.5 Å². The Kier molecular flexibility index (Phi) is 7.54. The lowest BCUT2D eigenvalue weighted by atomic mass is 10.1. The maximum absolute atomic E-state index is 15.9. The highest BCUT2D eigenvalue weighted by atomic mass is 32.5. The largest absolute Gasteiger partial charge is 0.472 e. The van der Waals surface area contributed by atoms with E-state index in [1.807, 2.05) is 0 Å². The fourth-order valence-electron chi connectivity index (χ4n) is 5.29. The number of nitrogens with one attached hydrogen (secondary N) is 2. The molecule has 0 spiro atoms. The molecule has 7 heterocycles. The Hall–Kier alpha value is -2.99. The zero-order valence-corrected chi connectivity index (χ0v) is 24.9. The Morgan fingerprint density at radius 1 is 1.04 bits per heavy atom. The minimum atomic E-state index is -5.14. The van der Waals surface area contributed by atoms with Gasteiger partial charge in [0.05, 0.1) is 19.5 Å².